The molecular weight excluding hydrogens is 240 g/mol. The SMILES string of the molecule is COc1ccc(NC(=O)CNC2CCCCC2)cc1. The second-order valence-corrected chi connectivity index (χ2v) is 4.99. The van der Waals surface area contributed by atoms with Gasteiger partial charge >= 0.3 is 0 Å². The van der Waals surface area contributed by atoms with Crippen molar-refractivity contribution in [3.8, 4) is 5.75 Å². The molecule has 0 heterocycles. The van der Waals surface area contributed by atoms with Gasteiger partial charge in [0.2, 0.25) is 5.91 Å². The summed E-state index contributed by atoms with van der Waals surface area (Å²) in [5, 5.41) is 6.20. The molecule has 1 amide bonds. The quantitative estimate of drug-likeness (QED) is 0.857. The summed E-state index contributed by atoms with van der Waals surface area (Å²) in [6.45, 7) is 0.386. The number of benzene rings is 1. The van der Waals surface area contributed by atoms with Gasteiger partial charge in [-0.25, -0.2) is 0 Å². The number of methoxy groups -OCH3 is 1. The van der Waals surface area contributed by atoms with E-state index in [2.05, 4.69) is 10.6 Å². The van der Waals surface area contributed by atoms with Crippen molar-refractivity contribution in [2.45, 2.75) is 38.1 Å². The Hall–Kier alpha value is -1.55. The van der Waals surface area contributed by atoms with Crippen LogP contribution in [-0.2, 0) is 4.79 Å². The monoisotopic (exact) mass is 262 g/mol. The van der Waals surface area contributed by atoms with Gasteiger partial charge in [-0.05, 0) is 37.1 Å². The predicted molar refractivity (Wildman–Crippen MR) is 76.5 cm³/mol. The van der Waals surface area contributed by atoms with Gasteiger partial charge in [-0.2, -0.15) is 0 Å². The normalized spacial score (nSPS) is 16.1. The van der Waals surface area contributed by atoms with Crippen LogP contribution in [0.4, 0.5) is 5.69 Å². The average molecular weight is 262 g/mol. The first-order valence-electron chi connectivity index (χ1n) is 6.95. The molecule has 1 aromatic rings. The van der Waals surface area contributed by atoms with Crippen LogP contribution in [0, 0.1) is 0 Å². The summed E-state index contributed by atoms with van der Waals surface area (Å²) < 4.78 is 5.08. The van der Waals surface area contributed by atoms with Crippen LogP contribution in [0.5, 0.6) is 5.75 Å². The summed E-state index contributed by atoms with van der Waals surface area (Å²) >= 11 is 0. The van der Waals surface area contributed by atoms with E-state index in [4.69, 9.17) is 4.74 Å². The highest BCUT2D eigenvalue weighted by Crippen LogP contribution is 2.17. The van der Waals surface area contributed by atoms with Crippen molar-refractivity contribution in [3.05, 3.63) is 24.3 Å². The highest BCUT2D eigenvalue weighted by molar-refractivity contribution is 5.92. The molecule has 1 aliphatic carbocycles. The largest absolute Gasteiger partial charge is 0.497 e. The fraction of sp³-hybridized carbons (Fsp3) is 0.533. The number of carbonyl (C=O) groups excluding carboxylic acids is 1. The van der Waals surface area contributed by atoms with Gasteiger partial charge in [0.15, 0.2) is 0 Å². The fourth-order valence-electron chi connectivity index (χ4n) is 2.42. The van der Waals surface area contributed by atoms with Gasteiger partial charge in [-0.1, -0.05) is 19.3 Å². The molecule has 4 nitrogen and oxygen atoms in total. The third-order valence-corrected chi connectivity index (χ3v) is 3.53. The third kappa shape index (κ3) is 4.56. The van der Waals surface area contributed by atoms with Gasteiger partial charge < -0.3 is 15.4 Å². The molecule has 1 aromatic carbocycles. The van der Waals surface area contributed by atoms with E-state index >= 15 is 0 Å². The number of anilines is 1. The first kappa shape index (κ1) is 13.9. The maximum absolute atomic E-state index is 11.8. The number of ether oxygens (including phenoxy) is 1. The third-order valence-electron chi connectivity index (χ3n) is 3.53. The Bertz CT molecular complexity index is 397. The van der Waals surface area contributed by atoms with E-state index in [9.17, 15) is 4.79 Å². The van der Waals surface area contributed by atoms with Gasteiger partial charge in [0.1, 0.15) is 5.75 Å². The zero-order chi connectivity index (χ0) is 13.5. The summed E-state index contributed by atoms with van der Waals surface area (Å²) in [4.78, 5) is 11.8. The lowest BCUT2D eigenvalue weighted by atomic mass is 9.95. The summed E-state index contributed by atoms with van der Waals surface area (Å²) in [5.41, 5.74) is 0.802. The van der Waals surface area contributed by atoms with E-state index in [0.29, 0.717) is 12.6 Å². The molecule has 0 radical (unpaired) electrons. The minimum absolute atomic E-state index is 0.00994. The second kappa shape index (κ2) is 7.14. The molecule has 1 aliphatic rings. The molecule has 0 unspecified atom stereocenters. The Morgan fingerprint density at radius 2 is 1.89 bits per heavy atom. The first-order valence-corrected chi connectivity index (χ1v) is 6.95. The standard InChI is InChI=1S/C15H22N2O2/c1-19-14-9-7-13(8-10-14)17-15(18)11-16-12-5-3-2-4-6-12/h7-10,12,16H,2-6,11H2,1H3,(H,17,18). The van der Waals surface area contributed by atoms with Crippen LogP contribution in [0.1, 0.15) is 32.1 Å². The van der Waals surface area contributed by atoms with Crippen molar-refractivity contribution >= 4 is 11.6 Å². The number of hydrogen-bond donors (Lipinski definition) is 2. The molecule has 1 fully saturated rings. The molecule has 0 aliphatic heterocycles. The Kier molecular flexibility index (Phi) is 5.21. The Balaban J connectivity index is 1.73. The van der Waals surface area contributed by atoms with E-state index in [1.54, 1.807) is 7.11 Å². The minimum Gasteiger partial charge on any atom is -0.497 e. The molecule has 104 valence electrons. The molecule has 2 rings (SSSR count). The molecule has 19 heavy (non-hydrogen) atoms. The number of hydrogen-bond acceptors (Lipinski definition) is 3. The Labute approximate surface area is 114 Å². The van der Waals surface area contributed by atoms with Crippen molar-refractivity contribution in [2.24, 2.45) is 0 Å². The lowest BCUT2D eigenvalue weighted by molar-refractivity contribution is -0.115. The van der Waals surface area contributed by atoms with Crippen molar-refractivity contribution in [3.63, 3.8) is 0 Å². The Morgan fingerprint density at radius 1 is 1.21 bits per heavy atom. The van der Waals surface area contributed by atoms with Crippen molar-refractivity contribution in [1.29, 1.82) is 0 Å². The van der Waals surface area contributed by atoms with Crippen molar-refractivity contribution in [2.75, 3.05) is 19.0 Å². The van der Waals surface area contributed by atoms with Crippen LogP contribution in [0.2, 0.25) is 0 Å². The zero-order valence-corrected chi connectivity index (χ0v) is 11.4. The van der Waals surface area contributed by atoms with Crippen LogP contribution < -0.4 is 15.4 Å². The van der Waals surface area contributed by atoms with E-state index in [1.165, 1.54) is 32.1 Å². The lowest BCUT2D eigenvalue weighted by Crippen LogP contribution is -2.37. The van der Waals surface area contributed by atoms with Crippen molar-refractivity contribution < 1.29 is 9.53 Å². The van der Waals surface area contributed by atoms with Crippen molar-refractivity contribution in [1.82, 2.24) is 5.32 Å². The highest BCUT2D eigenvalue weighted by atomic mass is 16.5. The maximum atomic E-state index is 11.8. The number of carbonyl (C=O) groups is 1. The maximum Gasteiger partial charge on any atom is 0.238 e. The fourth-order valence-corrected chi connectivity index (χ4v) is 2.42. The van der Waals surface area contributed by atoms with E-state index < -0.39 is 0 Å². The highest BCUT2D eigenvalue weighted by Gasteiger charge is 2.13. The molecule has 0 saturated heterocycles. The van der Waals surface area contributed by atoms with Gasteiger partial charge in [-0.15, -0.1) is 0 Å². The summed E-state index contributed by atoms with van der Waals surface area (Å²) in [6.07, 6.45) is 6.26. The lowest BCUT2D eigenvalue weighted by Gasteiger charge is -2.22. The van der Waals surface area contributed by atoms with Gasteiger partial charge in [-0.3, -0.25) is 4.79 Å². The number of nitrogens with one attached hydrogen (secondary N) is 2. The van der Waals surface area contributed by atoms with Crippen LogP contribution in [0.3, 0.4) is 0 Å². The van der Waals surface area contributed by atoms with Gasteiger partial charge in [0, 0.05) is 11.7 Å². The van der Waals surface area contributed by atoms with Crippen LogP contribution in [0.25, 0.3) is 0 Å². The number of amides is 1. The van der Waals surface area contributed by atoms with E-state index in [1.807, 2.05) is 24.3 Å². The Morgan fingerprint density at radius 3 is 2.53 bits per heavy atom. The molecule has 1 saturated carbocycles. The molecule has 2 N–H and O–H groups in total. The average Bonchev–Trinajstić information content (AvgIpc) is 2.47. The topological polar surface area (TPSA) is 50.4 Å². The summed E-state index contributed by atoms with van der Waals surface area (Å²) in [7, 11) is 1.63. The van der Waals surface area contributed by atoms with E-state index in [0.717, 1.165) is 11.4 Å². The van der Waals surface area contributed by atoms with Crippen LogP contribution >= 0.6 is 0 Å². The molecule has 0 bridgehead atoms. The smallest absolute Gasteiger partial charge is 0.238 e. The van der Waals surface area contributed by atoms with Gasteiger partial charge in [0.05, 0.1) is 13.7 Å². The second-order valence-electron chi connectivity index (χ2n) is 4.99. The minimum atomic E-state index is 0.00994. The van der Waals surface area contributed by atoms with Crippen LogP contribution in [-0.4, -0.2) is 25.6 Å². The number of rotatable bonds is 5. The zero-order valence-electron chi connectivity index (χ0n) is 11.4. The molecular formula is C15H22N2O2. The molecule has 0 aromatic heterocycles. The van der Waals surface area contributed by atoms with Gasteiger partial charge in [0.25, 0.3) is 0 Å². The predicted octanol–water partition coefficient (Wildman–Crippen LogP) is 2.56. The van der Waals surface area contributed by atoms with E-state index in [-0.39, 0.29) is 5.91 Å². The molecule has 0 atom stereocenters. The first-order chi connectivity index (χ1) is 9.28. The summed E-state index contributed by atoms with van der Waals surface area (Å²) in [6, 6.07) is 7.87. The van der Waals surface area contributed by atoms with Crippen LogP contribution in [0.15, 0.2) is 24.3 Å². The molecule has 0 spiro atoms. The summed E-state index contributed by atoms with van der Waals surface area (Å²) in [5.74, 6) is 0.800. The molecule has 4 heteroatoms.